The number of hydrogen-bond acceptors (Lipinski definition) is 1. The number of amides is 1. The number of fused-ring (bicyclic) bond motifs is 1. The first-order valence-corrected chi connectivity index (χ1v) is 6.54. The van der Waals surface area contributed by atoms with Gasteiger partial charge in [-0.2, -0.15) is 0 Å². The average Bonchev–Trinajstić information content (AvgIpc) is 3.22. The molecule has 1 fully saturated rings. The maximum atomic E-state index is 11.8. The van der Waals surface area contributed by atoms with Crippen LogP contribution in [0.5, 0.6) is 0 Å². The number of benzene rings is 2. The summed E-state index contributed by atoms with van der Waals surface area (Å²) < 4.78 is 0. The van der Waals surface area contributed by atoms with Crippen LogP contribution in [0, 0.1) is 5.92 Å². The molecule has 1 N–H and O–H groups in total. The van der Waals surface area contributed by atoms with Crippen molar-refractivity contribution >= 4 is 16.7 Å². The summed E-state index contributed by atoms with van der Waals surface area (Å²) in [5.74, 6) is 0.470. The van der Waals surface area contributed by atoms with Crippen LogP contribution in [0.2, 0.25) is 0 Å². The van der Waals surface area contributed by atoms with Crippen LogP contribution in [0.15, 0.2) is 42.5 Å². The molecule has 0 spiro atoms. The fourth-order valence-corrected chi connectivity index (χ4v) is 2.38. The van der Waals surface area contributed by atoms with E-state index in [1.165, 1.54) is 16.3 Å². The molecule has 0 radical (unpaired) electrons. The van der Waals surface area contributed by atoms with Gasteiger partial charge in [0.2, 0.25) is 5.91 Å². The summed E-state index contributed by atoms with van der Waals surface area (Å²) in [7, 11) is 0. The number of rotatable bonds is 3. The lowest BCUT2D eigenvalue weighted by Gasteiger charge is -2.16. The molecule has 0 saturated heterocycles. The van der Waals surface area contributed by atoms with Crippen LogP contribution >= 0.6 is 0 Å². The van der Waals surface area contributed by atoms with Crippen LogP contribution in [0.4, 0.5) is 0 Å². The number of carbonyl (C=O) groups is 1. The lowest BCUT2D eigenvalue weighted by molar-refractivity contribution is -0.122. The molecule has 0 unspecified atom stereocenters. The molecule has 1 amide bonds. The largest absolute Gasteiger partial charge is 0.349 e. The van der Waals surface area contributed by atoms with Crippen LogP contribution in [-0.2, 0) is 4.79 Å². The first-order valence-electron chi connectivity index (χ1n) is 6.54. The third-order valence-corrected chi connectivity index (χ3v) is 3.60. The molecular weight excluding hydrogens is 222 g/mol. The van der Waals surface area contributed by atoms with Crippen molar-refractivity contribution < 1.29 is 4.79 Å². The van der Waals surface area contributed by atoms with Gasteiger partial charge in [-0.1, -0.05) is 42.5 Å². The minimum atomic E-state index is 0.0733. The quantitative estimate of drug-likeness (QED) is 0.873. The second-order valence-electron chi connectivity index (χ2n) is 5.07. The summed E-state index contributed by atoms with van der Waals surface area (Å²) in [5.41, 5.74) is 1.20. The fourth-order valence-electron chi connectivity index (χ4n) is 2.38. The summed E-state index contributed by atoms with van der Waals surface area (Å²) in [6, 6.07) is 14.6. The molecule has 2 aromatic carbocycles. The lowest BCUT2D eigenvalue weighted by Crippen LogP contribution is -2.27. The molecule has 0 heterocycles. The van der Waals surface area contributed by atoms with Crippen LogP contribution in [0.25, 0.3) is 10.8 Å². The van der Waals surface area contributed by atoms with Gasteiger partial charge in [-0.15, -0.1) is 0 Å². The minimum Gasteiger partial charge on any atom is -0.349 e. The van der Waals surface area contributed by atoms with Crippen molar-refractivity contribution in [2.24, 2.45) is 5.92 Å². The molecule has 1 aliphatic carbocycles. The molecule has 0 aromatic heterocycles. The van der Waals surface area contributed by atoms with Gasteiger partial charge in [-0.25, -0.2) is 0 Å². The molecule has 2 nitrogen and oxygen atoms in total. The van der Waals surface area contributed by atoms with Gasteiger partial charge in [0.25, 0.3) is 0 Å². The van der Waals surface area contributed by atoms with Crippen molar-refractivity contribution in [1.82, 2.24) is 5.32 Å². The molecule has 92 valence electrons. The Bertz CT molecular complexity index is 581. The van der Waals surface area contributed by atoms with Crippen molar-refractivity contribution in [2.75, 3.05) is 0 Å². The monoisotopic (exact) mass is 239 g/mol. The van der Waals surface area contributed by atoms with Crippen molar-refractivity contribution in [3.63, 3.8) is 0 Å². The van der Waals surface area contributed by atoms with Gasteiger partial charge < -0.3 is 5.32 Å². The van der Waals surface area contributed by atoms with Crippen molar-refractivity contribution in [1.29, 1.82) is 0 Å². The predicted octanol–water partition coefficient (Wildman–Crippen LogP) is 3.43. The predicted molar refractivity (Wildman–Crippen MR) is 73.2 cm³/mol. The number of carbonyl (C=O) groups excluding carboxylic acids is 1. The standard InChI is InChI=1S/C16H17NO/c1-11(17-16(18)13-9-10-13)14-8-4-6-12-5-2-3-7-15(12)14/h2-8,11,13H,9-10H2,1H3,(H,17,18)/t11-/m0/s1. The van der Waals surface area contributed by atoms with E-state index in [-0.39, 0.29) is 17.9 Å². The smallest absolute Gasteiger partial charge is 0.223 e. The summed E-state index contributed by atoms with van der Waals surface area (Å²) in [6.45, 7) is 2.06. The molecule has 2 aromatic rings. The minimum absolute atomic E-state index is 0.0733. The highest BCUT2D eigenvalue weighted by Gasteiger charge is 2.30. The van der Waals surface area contributed by atoms with Crippen LogP contribution < -0.4 is 5.32 Å². The molecule has 0 bridgehead atoms. The topological polar surface area (TPSA) is 29.1 Å². The normalized spacial score (nSPS) is 16.5. The molecule has 0 aliphatic heterocycles. The second-order valence-corrected chi connectivity index (χ2v) is 5.07. The van der Waals surface area contributed by atoms with Gasteiger partial charge in [0.05, 0.1) is 6.04 Å². The second kappa shape index (κ2) is 4.45. The highest BCUT2D eigenvalue weighted by Crippen LogP contribution is 2.30. The summed E-state index contributed by atoms with van der Waals surface area (Å²) in [5, 5.41) is 5.56. The third kappa shape index (κ3) is 2.10. The molecule has 1 atom stereocenters. The zero-order chi connectivity index (χ0) is 12.5. The summed E-state index contributed by atoms with van der Waals surface area (Å²) in [6.07, 6.45) is 2.10. The van der Waals surface area contributed by atoms with Crippen LogP contribution in [0.3, 0.4) is 0 Å². The molecule has 3 rings (SSSR count). The van der Waals surface area contributed by atoms with Gasteiger partial charge in [0, 0.05) is 5.92 Å². The van der Waals surface area contributed by atoms with E-state index < -0.39 is 0 Å². The maximum absolute atomic E-state index is 11.8. The molecule has 1 aliphatic rings. The molecule has 18 heavy (non-hydrogen) atoms. The summed E-state index contributed by atoms with van der Waals surface area (Å²) >= 11 is 0. The van der Waals surface area contributed by atoms with Gasteiger partial charge >= 0.3 is 0 Å². The Morgan fingerprint density at radius 1 is 1.17 bits per heavy atom. The Kier molecular flexibility index (Phi) is 2.78. The Hall–Kier alpha value is -1.83. The Labute approximate surface area is 107 Å². The first kappa shape index (κ1) is 11.3. The van der Waals surface area contributed by atoms with Crippen LogP contribution in [0.1, 0.15) is 31.4 Å². The van der Waals surface area contributed by atoms with E-state index in [0.29, 0.717) is 0 Å². The lowest BCUT2D eigenvalue weighted by atomic mass is 9.99. The average molecular weight is 239 g/mol. The first-order chi connectivity index (χ1) is 8.75. The zero-order valence-corrected chi connectivity index (χ0v) is 10.5. The highest BCUT2D eigenvalue weighted by atomic mass is 16.2. The van der Waals surface area contributed by atoms with Crippen molar-refractivity contribution in [2.45, 2.75) is 25.8 Å². The number of hydrogen-bond donors (Lipinski definition) is 1. The fraction of sp³-hybridized carbons (Fsp3) is 0.312. The van der Waals surface area contributed by atoms with E-state index in [0.717, 1.165) is 12.8 Å². The van der Waals surface area contributed by atoms with Gasteiger partial charge in [-0.05, 0) is 36.1 Å². The zero-order valence-electron chi connectivity index (χ0n) is 10.5. The van der Waals surface area contributed by atoms with E-state index in [9.17, 15) is 4.79 Å². The SMILES string of the molecule is C[C@H](NC(=O)C1CC1)c1cccc2ccccc12. The Morgan fingerprint density at radius 3 is 2.67 bits per heavy atom. The highest BCUT2D eigenvalue weighted by molar-refractivity contribution is 5.87. The van der Waals surface area contributed by atoms with Gasteiger partial charge in [0.15, 0.2) is 0 Å². The van der Waals surface area contributed by atoms with E-state index in [1.54, 1.807) is 0 Å². The Balaban J connectivity index is 1.90. The van der Waals surface area contributed by atoms with Crippen molar-refractivity contribution in [3.8, 4) is 0 Å². The van der Waals surface area contributed by atoms with Gasteiger partial charge in [-0.3, -0.25) is 4.79 Å². The van der Waals surface area contributed by atoms with Crippen LogP contribution in [-0.4, -0.2) is 5.91 Å². The maximum Gasteiger partial charge on any atom is 0.223 e. The Morgan fingerprint density at radius 2 is 1.89 bits per heavy atom. The summed E-state index contributed by atoms with van der Waals surface area (Å²) in [4.78, 5) is 11.8. The van der Waals surface area contributed by atoms with Crippen molar-refractivity contribution in [3.05, 3.63) is 48.0 Å². The van der Waals surface area contributed by atoms with E-state index in [2.05, 4.69) is 42.6 Å². The van der Waals surface area contributed by atoms with E-state index in [4.69, 9.17) is 0 Å². The van der Waals surface area contributed by atoms with E-state index >= 15 is 0 Å². The molecule has 1 saturated carbocycles. The van der Waals surface area contributed by atoms with E-state index in [1.807, 2.05) is 12.1 Å². The molecule has 2 heteroatoms. The van der Waals surface area contributed by atoms with Gasteiger partial charge in [0.1, 0.15) is 0 Å². The number of nitrogens with one attached hydrogen (secondary N) is 1. The molecular formula is C16H17NO. The third-order valence-electron chi connectivity index (χ3n) is 3.60.